The zero-order valence-corrected chi connectivity index (χ0v) is 14.7. The van der Waals surface area contributed by atoms with Crippen LogP contribution in [0, 0.1) is 0 Å². The van der Waals surface area contributed by atoms with Crippen molar-refractivity contribution >= 4 is 29.4 Å². The van der Waals surface area contributed by atoms with Crippen LogP contribution in [0.4, 0.5) is 0 Å². The number of H-pyrrole nitrogens is 1. The summed E-state index contributed by atoms with van der Waals surface area (Å²) >= 11 is 3.03. The Hall–Kier alpha value is -0.950. The lowest BCUT2D eigenvalue weighted by Gasteiger charge is -2.16. The standard InChI is InChI=1S/C15H23N3O2S2/c1-3-21-9-12-8-13(19)18-15(17-12)22-10(2)14(20)16-11-6-4-5-7-11/h8,10-11H,3-7,9H2,1-2H3,(H,16,20)(H,17,18,19). The summed E-state index contributed by atoms with van der Waals surface area (Å²) in [7, 11) is 0. The first-order valence-corrected chi connectivity index (χ1v) is 9.77. The molecule has 22 heavy (non-hydrogen) atoms. The summed E-state index contributed by atoms with van der Waals surface area (Å²) < 4.78 is 0. The summed E-state index contributed by atoms with van der Waals surface area (Å²) in [6.45, 7) is 3.92. The number of amides is 1. The van der Waals surface area contributed by atoms with E-state index >= 15 is 0 Å². The molecule has 1 heterocycles. The quantitative estimate of drug-likeness (QED) is 0.589. The SMILES string of the molecule is CCSCc1cc(=O)[nH]c(SC(C)C(=O)NC2CCCC2)n1. The van der Waals surface area contributed by atoms with Crippen LogP contribution in [-0.4, -0.2) is 32.9 Å². The van der Waals surface area contributed by atoms with Crippen LogP contribution >= 0.6 is 23.5 Å². The van der Waals surface area contributed by atoms with Gasteiger partial charge in [0.05, 0.1) is 10.9 Å². The van der Waals surface area contributed by atoms with Crippen LogP contribution in [0.25, 0.3) is 0 Å². The van der Waals surface area contributed by atoms with E-state index in [1.807, 2.05) is 6.92 Å². The molecule has 0 radical (unpaired) electrons. The van der Waals surface area contributed by atoms with Crippen LogP contribution in [0.3, 0.4) is 0 Å². The lowest BCUT2D eigenvalue weighted by Crippen LogP contribution is -2.37. The number of nitrogens with one attached hydrogen (secondary N) is 2. The van der Waals surface area contributed by atoms with Crippen LogP contribution in [0.15, 0.2) is 16.0 Å². The van der Waals surface area contributed by atoms with Gasteiger partial charge in [-0.3, -0.25) is 9.59 Å². The molecule has 0 aromatic carbocycles. The van der Waals surface area contributed by atoms with Crippen molar-refractivity contribution in [2.75, 3.05) is 5.75 Å². The molecule has 1 unspecified atom stereocenters. The number of thioether (sulfide) groups is 2. The van der Waals surface area contributed by atoms with Gasteiger partial charge in [-0.15, -0.1) is 0 Å². The fourth-order valence-corrected chi connectivity index (χ4v) is 3.83. The first-order chi connectivity index (χ1) is 10.6. The van der Waals surface area contributed by atoms with Crippen molar-refractivity contribution in [1.29, 1.82) is 0 Å². The van der Waals surface area contributed by atoms with E-state index in [9.17, 15) is 9.59 Å². The van der Waals surface area contributed by atoms with Gasteiger partial charge in [0.25, 0.3) is 5.56 Å². The number of aromatic nitrogens is 2. The highest BCUT2D eigenvalue weighted by molar-refractivity contribution is 8.00. The summed E-state index contributed by atoms with van der Waals surface area (Å²) in [5, 5.41) is 3.33. The van der Waals surface area contributed by atoms with Crippen molar-refractivity contribution in [1.82, 2.24) is 15.3 Å². The maximum absolute atomic E-state index is 12.2. The topological polar surface area (TPSA) is 74.8 Å². The van der Waals surface area contributed by atoms with Crippen molar-refractivity contribution in [2.24, 2.45) is 0 Å². The van der Waals surface area contributed by atoms with Gasteiger partial charge < -0.3 is 10.3 Å². The fraction of sp³-hybridized carbons (Fsp3) is 0.667. The van der Waals surface area contributed by atoms with E-state index in [0.717, 1.165) is 30.0 Å². The van der Waals surface area contributed by atoms with E-state index in [1.54, 1.807) is 11.8 Å². The Morgan fingerprint density at radius 3 is 2.91 bits per heavy atom. The fourth-order valence-electron chi connectivity index (χ4n) is 2.43. The monoisotopic (exact) mass is 341 g/mol. The molecule has 1 atom stereocenters. The Bertz CT molecular complexity index is 556. The molecule has 122 valence electrons. The van der Waals surface area contributed by atoms with Gasteiger partial charge in [-0.05, 0) is 25.5 Å². The average Bonchev–Trinajstić information content (AvgIpc) is 2.97. The second kappa shape index (κ2) is 8.62. The molecule has 1 fully saturated rings. The molecule has 5 nitrogen and oxygen atoms in total. The van der Waals surface area contributed by atoms with Gasteiger partial charge >= 0.3 is 0 Å². The van der Waals surface area contributed by atoms with Crippen molar-refractivity contribution in [2.45, 2.75) is 61.7 Å². The maximum Gasteiger partial charge on any atom is 0.251 e. The number of nitrogens with zero attached hydrogens (tertiary/aromatic N) is 1. The second-order valence-corrected chi connectivity index (χ2v) is 8.03. The van der Waals surface area contributed by atoms with E-state index in [1.165, 1.54) is 30.7 Å². The minimum atomic E-state index is -0.266. The minimum absolute atomic E-state index is 0.0212. The van der Waals surface area contributed by atoms with Gasteiger partial charge in [0, 0.05) is 17.9 Å². The summed E-state index contributed by atoms with van der Waals surface area (Å²) in [5.41, 5.74) is 0.606. The number of carbonyl (C=O) groups excluding carboxylic acids is 1. The molecule has 1 aliphatic carbocycles. The molecule has 1 saturated carbocycles. The number of aromatic amines is 1. The van der Waals surface area contributed by atoms with E-state index < -0.39 is 0 Å². The third kappa shape index (κ3) is 5.35. The predicted octanol–water partition coefficient (Wildman–Crippen LogP) is 2.56. The lowest BCUT2D eigenvalue weighted by atomic mass is 10.2. The summed E-state index contributed by atoms with van der Waals surface area (Å²) in [5.74, 6) is 1.72. The lowest BCUT2D eigenvalue weighted by molar-refractivity contribution is -0.120. The minimum Gasteiger partial charge on any atom is -0.352 e. The Morgan fingerprint density at radius 1 is 1.50 bits per heavy atom. The molecule has 1 amide bonds. The van der Waals surface area contributed by atoms with Crippen LogP contribution in [0.5, 0.6) is 0 Å². The van der Waals surface area contributed by atoms with Gasteiger partial charge in [0.2, 0.25) is 5.91 Å². The first-order valence-electron chi connectivity index (χ1n) is 7.73. The summed E-state index contributed by atoms with van der Waals surface area (Å²) in [4.78, 5) is 31.0. The molecule has 0 bridgehead atoms. The van der Waals surface area contributed by atoms with E-state index in [-0.39, 0.29) is 16.7 Å². The zero-order valence-electron chi connectivity index (χ0n) is 13.1. The van der Waals surface area contributed by atoms with Crippen molar-refractivity contribution < 1.29 is 4.79 Å². The molecular weight excluding hydrogens is 318 g/mol. The van der Waals surface area contributed by atoms with Crippen LogP contribution < -0.4 is 10.9 Å². The highest BCUT2D eigenvalue weighted by atomic mass is 32.2. The molecule has 1 aromatic rings. The van der Waals surface area contributed by atoms with Gasteiger partial charge in [0.15, 0.2) is 5.16 Å². The van der Waals surface area contributed by atoms with Crippen molar-refractivity contribution in [3.05, 3.63) is 22.1 Å². The van der Waals surface area contributed by atoms with Gasteiger partial charge in [0.1, 0.15) is 0 Å². The van der Waals surface area contributed by atoms with Gasteiger partial charge in [-0.25, -0.2) is 4.98 Å². The maximum atomic E-state index is 12.2. The largest absolute Gasteiger partial charge is 0.352 e. The Balaban J connectivity index is 1.94. The molecule has 0 spiro atoms. The van der Waals surface area contributed by atoms with Crippen LogP contribution in [-0.2, 0) is 10.5 Å². The smallest absolute Gasteiger partial charge is 0.251 e. The van der Waals surface area contributed by atoms with Crippen molar-refractivity contribution in [3.63, 3.8) is 0 Å². The number of hydrogen-bond donors (Lipinski definition) is 2. The number of carbonyl (C=O) groups is 1. The third-order valence-corrected chi connectivity index (χ3v) is 5.48. The molecule has 1 aromatic heterocycles. The predicted molar refractivity (Wildman–Crippen MR) is 92.4 cm³/mol. The van der Waals surface area contributed by atoms with E-state index in [2.05, 4.69) is 22.2 Å². The summed E-state index contributed by atoms with van der Waals surface area (Å²) in [6.07, 6.45) is 4.53. The average molecular weight is 342 g/mol. The Kier molecular flexibility index (Phi) is 6.82. The first kappa shape index (κ1) is 17.4. The van der Waals surface area contributed by atoms with Crippen LogP contribution in [0.1, 0.15) is 45.2 Å². The molecule has 0 saturated heterocycles. The number of hydrogen-bond acceptors (Lipinski definition) is 5. The highest BCUT2D eigenvalue weighted by Crippen LogP contribution is 2.22. The second-order valence-electron chi connectivity index (χ2n) is 5.43. The highest BCUT2D eigenvalue weighted by Gasteiger charge is 2.22. The normalized spacial score (nSPS) is 16.6. The molecular formula is C15H23N3O2S2. The molecule has 0 aliphatic heterocycles. The molecule has 2 N–H and O–H groups in total. The Labute approximate surface area is 139 Å². The third-order valence-electron chi connectivity index (χ3n) is 3.59. The molecule has 2 rings (SSSR count). The van der Waals surface area contributed by atoms with Crippen LogP contribution in [0.2, 0.25) is 0 Å². The van der Waals surface area contributed by atoms with E-state index in [4.69, 9.17) is 0 Å². The molecule has 1 aliphatic rings. The number of rotatable bonds is 7. The Morgan fingerprint density at radius 2 is 2.23 bits per heavy atom. The molecule has 7 heteroatoms. The van der Waals surface area contributed by atoms with Crippen molar-refractivity contribution in [3.8, 4) is 0 Å². The zero-order chi connectivity index (χ0) is 15.9. The van der Waals surface area contributed by atoms with Gasteiger partial charge in [-0.1, -0.05) is 31.5 Å². The van der Waals surface area contributed by atoms with E-state index in [0.29, 0.717) is 11.2 Å². The van der Waals surface area contributed by atoms with Gasteiger partial charge in [-0.2, -0.15) is 11.8 Å². The summed E-state index contributed by atoms with van der Waals surface area (Å²) in [6, 6.07) is 1.84.